The van der Waals surface area contributed by atoms with Gasteiger partial charge in [-0.15, -0.1) is 0 Å². The van der Waals surface area contributed by atoms with Crippen LogP contribution in [0.2, 0.25) is 0 Å². The van der Waals surface area contributed by atoms with E-state index in [1.54, 1.807) is 5.56 Å². The fourth-order valence-electron chi connectivity index (χ4n) is 7.84. The number of allylic oxidation sites excluding steroid dienone is 2. The highest BCUT2D eigenvalue weighted by molar-refractivity contribution is 5.27. The Balaban J connectivity index is 1.48. The molecule has 0 N–H and O–H groups in total. The van der Waals surface area contributed by atoms with Gasteiger partial charge < -0.3 is 0 Å². The molecule has 0 spiro atoms. The predicted octanol–water partition coefficient (Wildman–Crippen LogP) is 6.52. The minimum atomic E-state index is 0.513. The van der Waals surface area contributed by atoms with Gasteiger partial charge in [0, 0.05) is 12.4 Å². The van der Waals surface area contributed by atoms with Crippen LogP contribution in [-0.4, -0.2) is 4.98 Å². The van der Waals surface area contributed by atoms with Crippen LogP contribution in [0.1, 0.15) is 83.1 Å². The second kappa shape index (κ2) is 5.69. The van der Waals surface area contributed by atoms with Crippen LogP contribution in [0.15, 0.2) is 36.2 Å². The fourth-order valence-corrected chi connectivity index (χ4v) is 7.84. The van der Waals surface area contributed by atoms with Crippen LogP contribution in [0.3, 0.4) is 0 Å². The summed E-state index contributed by atoms with van der Waals surface area (Å²) in [6.45, 7) is 5.27. The third-order valence-electron chi connectivity index (χ3n) is 9.13. The molecule has 4 aliphatic carbocycles. The zero-order chi connectivity index (χ0) is 17.1. The maximum Gasteiger partial charge on any atom is 0.0270 e. The van der Waals surface area contributed by atoms with Gasteiger partial charge in [-0.25, -0.2) is 0 Å². The maximum atomic E-state index is 4.26. The van der Waals surface area contributed by atoms with Gasteiger partial charge in [-0.3, -0.25) is 4.98 Å². The Morgan fingerprint density at radius 1 is 0.960 bits per heavy atom. The average Bonchev–Trinajstić information content (AvgIpc) is 2.99. The smallest absolute Gasteiger partial charge is 0.0270 e. The third kappa shape index (κ3) is 2.23. The van der Waals surface area contributed by atoms with E-state index in [4.69, 9.17) is 0 Å². The maximum absolute atomic E-state index is 4.26. The first-order valence-corrected chi connectivity index (χ1v) is 10.7. The topological polar surface area (TPSA) is 12.9 Å². The van der Waals surface area contributed by atoms with Gasteiger partial charge in [-0.2, -0.15) is 0 Å². The second-order valence-electron chi connectivity index (χ2n) is 9.92. The molecule has 0 saturated heterocycles. The molecule has 6 atom stereocenters. The van der Waals surface area contributed by atoms with E-state index >= 15 is 0 Å². The molecule has 0 aromatic carbocycles. The minimum Gasteiger partial charge on any atom is -0.265 e. The van der Waals surface area contributed by atoms with Crippen molar-refractivity contribution in [2.75, 3.05) is 0 Å². The molecule has 1 nitrogen and oxygen atoms in total. The Bertz CT molecular complexity index is 677. The van der Waals surface area contributed by atoms with Crippen molar-refractivity contribution in [2.24, 2.45) is 28.6 Å². The van der Waals surface area contributed by atoms with Gasteiger partial charge in [0.05, 0.1) is 0 Å². The summed E-state index contributed by atoms with van der Waals surface area (Å²) in [5.74, 6) is 3.59. The van der Waals surface area contributed by atoms with Gasteiger partial charge in [0.25, 0.3) is 0 Å². The van der Waals surface area contributed by atoms with Crippen LogP contribution in [0, 0.1) is 28.6 Å². The van der Waals surface area contributed by atoms with E-state index in [0.717, 1.165) is 23.7 Å². The summed E-state index contributed by atoms with van der Waals surface area (Å²) < 4.78 is 0. The van der Waals surface area contributed by atoms with Gasteiger partial charge >= 0.3 is 0 Å². The van der Waals surface area contributed by atoms with Crippen LogP contribution in [0.5, 0.6) is 0 Å². The standard InChI is InChI=1S/C24H33N/c1-23-13-4-3-5-18(23)6-7-19-21-9-8-20(17-11-15-25-16-12-17)24(21,2)14-10-22(19)23/h6,11-12,15-16,19-22H,3-5,7-10,13-14H2,1-2H3/t19-,20+,21+,22-,23-,24+/m0/s1. The van der Waals surface area contributed by atoms with E-state index in [-0.39, 0.29) is 0 Å². The highest BCUT2D eigenvalue weighted by Gasteiger charge is 2.58. The molecule has 3 saturated carbocycles. The number of fused-ring (bicyclic) bond motifs is 5. The van der Waals surface area contributed by atoms with Crippen molar-refractivity contribution in [3.63, 3.8) is 0 Å². The molecule has 1 heterocycles. The van der Waals surface area contributed by atoms with Gasteiger partial charge in [0.1, 0.15) is 0 Å². The number of rotatable bonds is 1. The Kier molecular flexibility index (Phi) is 3.67. The lowest BCUT2D eigenvalue weighted by Gasteiger charge is -2.57. The number of aromatic nitrogens is 1. The number of hydrogen-bond acceptors (Lipinski definition) is 1. The molecule has 5 rings (SSSR count). The first-order valence-electron chi connectivity index (χ1n) is 10.7. The molecule has 1 heteroatoms. The normalized spacial score (nSPS) is 45.9. The summed E-state index contributed by atoms with van der Waals surface area (Å²) in [6, 6.07) is 4.57. The summed E-state index contributed by atoms with van der Waals surface area (Å²) in [6.07, 6.45) is 19.5. The molecule has 0 unspecified atom stereocenters. The van der Waals surface area contributed by atoms with E-state index in [1.807, 2.05) is 18.0 Å². The van der Waals surface area contributed by atoms with Crippen LogP contribution >= 0.6 is 0 Å². The van der Waals surface area contributed by atoms with E-state index in [0.29, 0.717) is 10.8 Å². The van der Waals surface area contributed by atoms with Gasteiger partial charge in [-0.1, -0.05) is 31.9 Å². The first kappa shape index (κ1) is 16.1. The van der Waals surface area contributed by atoms with Crippen molar-refractivity contribution in [1.82, 2.24) is 4.98 Å². The van der Waals surface area contributed by atoms with Crippen LogP contribution in [0.4, 0.5) is 0 Å². The zero-order valence-electron chi connectivity index (χ0n) is 16.0. The zero-order valence-corrected chi connectivity index (χ0v) is 16.0. The van der Waals surface area contributed by atoms with Crippen LogP contribution < -0.4 is 0 Å². The Morgan fingerprint density at radius 2 is 1.80 bits per heavy atom. The lowest BCUT2D eigenvalue weighted by molar-refractivity contribution is -0.0307. The van der Waals surface area contributed by atoms with Gasteiger partial charge in [0.2, 0.25) is 0 Å². The van der Waals surface area contributed by atoms with Gasteiger partial charge in [0.15, 0.2) is 0 Å². The Morgan fingerprint density at radius 3 is 2.64 bits per heavy atom. The van der Waals surface area contributed by atoms with E-state index in [9.17, 15) is 0 Å². The van der Waals surface area contributed by atoms with Crippen molar-refractivity contribution >= 4 is 0 Å². The van der Waals surface area contributed by atoms with Crippen molar-refractivity contribution in [1.29, 1.82) is 0 Å². The summed E-state index contributed by atoms with van der Waals surface area (Å²) in [4.78, 5) is 4.26. The molecule has 25 heavy (non-hydrogen) atoms. The predicted molar refractivity (Wildman–Crippen MR) is 103 cm³/mol. The highest BCUT2D eigenvalue weighted by atomic mass is 14.6. The lowest BCUT2D eigenvalue weighted by atomic mass is 9.47. The van der Waals surface area contributed by atoms with E-state index < -0.39 is 0 Å². The summed E-state index contributed by atoms with van der Waals surface area (Å²) in [7, 11) is 0. The molecule has 1 aromatic rings. The fraction of sp³-hybridized carbons (Fsp3) is 0.708. The minimum absolute atomic E-state index is 0.513. The van der Waals surface area contributed by atoms with Crippen LogP contribution in [0.25, 0.3) is 0 Å². The number of pyridine rings is 1. The molecule has 0 bridgehead atoms. The summed E-state index contributed by atoms with van der Waals surface area (Å²) >= 11 is 0. The molecule has 0 amide bonds. The average molecular weight is 336 g/mol. The number of hydrogen-bond donors (Lipinski definition) is 0. The molecule has 134 valence electrons. The number of nitrogens with zero attached hydrogens (tertiary/aromatic N) is 1. The monoisotopic (exact) mass is 335 g/mol. The quantitative estimate of drug-likeness (QED) is 0.532. The molecule has 0 radical (unpaired) electrons. The SMILES string of the molecule is C[C@]12CC[C@H]3[C@@H](CC=C4CCCC[C@@]43C)[C@H]1CC[C@@H]2c1ccncc1. The molecular weight excluding hydrogens is 302 g/mol. The van der Waals surface area contributed by atoms with E-state index in [1.165, 1.54) is 57.8 Å². The summed E-state index contributed by atoms with van der Waals surface area (Å²) in [5.41, 5.74) is 4.44. The summed E-state index contributed by atoms with van der Waals surface area (Å²) in [5, 5.41) is 0. The second-order valence-corrected chi connectivity index (χ2v) is 9.92. The van der Waals surface area contributed by atoms with Crippen molar-refractivity contribution in [3.05, 3.63) is 41.7 Å². The van der Waals surface area contributed by atoms with Gasteiger partial charge in [-0.05, 0) is 104 Å². The van der Waals surface area contributed by atoms with Crippen molar-refractivity contribution in [3.8, 4) is 0 Å². The first-order chi connectivity index (χ1) is 12.1. The molecule has 4 aliphatic rings. The molecule has 1 aromatic heterocycles. The highest BCUT2D eigenvalue weighted by Crippen LogP contribution is 2.67. The van der Waals surface area contributed by atoms with Crippen molar-refractivity contribution in [2.45, 2.75) is 77.6 Å². The van der Waals surface area contributed by atoms with Crippen LogP contribution in [-0.2, 0) is 0 Å². The molecular formula is C24H33N. The van der Waals surface area contributed by atoms with Crippen molar-refractivity contribution < 1.29 is 0 Å². The molecule has 3 fully saturated rings. The molecule has 0 aliphatic heterocycles. The Hall–Kier alpha value is -1.11. The largest absolute Gasteiger partial charge is 0.265 e. The third-order valence-corrected chi connectivity index (χ3v) is 9.13. The Labute approximate surface area is 153 Å². The lowest BCUT2D eigenvalue weighted by Crippen LogP contribution is -2.49. The van der Waals surface area contributed by atoms with E-state index in [2.05, 4.69) is 37.0 Å².